The number of nitrogens with zero attached hydrogens (tertiary/aromatic N) is 2. The molecule has 0 fully saturated rings. The van der Waals surface area contributed by atoms with Crippen LogP contribution in [0.4, 0.5) is 5.82 Å². The summed E-state index contributed by atoms with van der Waals surface area (Å²) in [5.74, 6) is 2.32. The van der Waals surface area contributed by atoms with Crippen LogP contribution in [0.2, 0.25) is 0 Å². The van der Waals surface area contributed by atoms with Crippen molar-refractivity contribution in [3.8, 4) is 0 Å². The highest BCUT2D eigenvalue weighted by molar-refractivity contribution is 5.33. The average Bonchev–Trinajstić information content (AvgIpc) is 2.25. The van der Waals surface area contributed by atoms with Gasteiger partial charge in [0, 0.05) is 18.7 Å². The highest BCUT2D eigenvalue weighted by Gasteiger charge is 2.06. The van der Waals surface area contributed by atoms with Crippen molar-refractivity contribution in [3.63, 3.8) is 0 Å². The molecule has 0 saturated heterocycles. The van der Waals surface area contributed by atoms with E-state index in [9.17, 15) is 0 Å². The number of hydrogen-bond acceptors (Lipinski definition) is 3. The molecule has 1 N–H and O–H groups in total. The van der Waals surface area contributed by atoms with Crippen molar-refractivity contribution in [1.29, 1.82) is 0 Å². The molecule has 1 aromatic heterocycles. The number of hydrogen-bond donors (Lipinski definition) is 1. The Morgan fingerprint density at radius 1 is 1.43 bits per heavy atom. The third-order valence-corrected chi connectivity index (χ3v) is 2.28. The van der Waals surface area contributed by atoms with Crippen LogP contribution < -0.4 is 5.32 Å². The monoisotopic (exact) mass is 193 g/mol. The predicted octanol–water partition coefficient (Wildman–Crippen LogP) is 2.81. The Morgan fingerprint density at radius 3 is 2.86 bits per heavy atom. The van der Waals surface area contributed by atoms with Crippen molar-refractivity contribution in [2.75, 3.05) is 11.9 Å². The number of nitrogens with one attached hydrogen (secondary N) is 1. The molecule has 0 aliphatic heterocycles. The maximum atomic E-state index is 4.46. The van der Waals surface area contributed by atoms with E-state index in [2.05, 4.69) is 36.1 Å². The predicted molar refractivity (Wildman–Crippen MR) is 59.5 cm³/mol. The molecule has 1 heterocycles. The molecule has 0 spiro atoms. The molecule has 0 aliphatic carbocycles. The third kappa shape index (κ3) is 2.98. The second-order valence-electron chi connectivity index (χ2n) is 3.54. The summed E-state index contributed by atoms with van der Waals surface area (Å²) < 4.78 is 0. The van der Waals surface area contributed by atoms with E-state index >= 15 is 0 Å². The second-order valence-corrected chi connectivity index (χ2v) is 3.54. The Bertz CT molecular complexity index is 273. The molecule has 0 bridgehead atoms. The minimum Gasteiger partial charge on any atom is -0.370 e. The van der Waals surface area contributed by atoms with Gasteiger partial charge in [-0.05, 0) is 18.9 Å². The summed E-state index contributed by atoms with van der Waals surface area (Å²) in [6.07, 6.45) is 4.02. The van der Waals surface area contributed by atoms with Crippen molar-refractivity contribution in [2.45, 2.75) is 39.5 Å². The minimum atomic E-state index is 0.443. The highest BCUT2D eigenvalue weighted by atomic mass is 15.0. The van der Waals surface area contributed by atoms with Crippen LogP contribution in [0.15, 0.2) is 12.3 Å². The van der Waals surface area contributed by atoms with Gasteiger partial charge >= 0.3 is 0 Å². The molecule has 1 aromatic rings. The fourth-order valence-electron chi connectivity index (χ4n) is 1.15. The van der Waals surface area contributed by atoms with Crippen LogP contribution in [0.1, 0.15) is 45.4 Å². The van der Waals surface area contributed by atoms with Gasteiger partial charge in [0.25, 0.3) is 0 Å². The molecule has 14 heavy (non-hydrogen) atoms. The van der Waals surface area contributed by atoms with Crippen molar-refractivity contribution in [3.05, 3.63) is 18.1 Å². The lowest BCUT2D eigenvalue weighted by atomic mass is 10.1. The molecule has 1 unspecified atom stereocenters. The van der Waals surface area contributed by atoms with E-state index in [1.165, 1.54) is 0 Å². The topological polar surface area (TPSA) is 37.8 Å². The van der Waals surface area contributed by atoms with Crippen LogP contribution in [-0.2, 0) is 0 Å². The molecule has 0 aliphatic rings. The zero-order chi connectivity index (χ0) is 10.4. The van der Waals surface area contributed by atoms with Crippen molar-refractivity contribution >= 4 is 5.82 Å². The number of anilines is 1. The van der Waals surface area contributed by atoms with Gasteiger partial charge in [0.05, 0.1) is 0 Å². The fourth-order valence-corrected chi connectivity index (χ4v) is 1.15. The van der Waals surface area contributed by atoms with Gasteiger partial charge in [0.2, 0.25) is 0 Å². The average molecular weight is 193 g/mol. The van der Waals surface area contributed by atoms with Crippen LogP contribution in [0.5, 0.6) is 0 Å². The SMILES string of the molecule is CCCNc1ccnc(C(C)CC)n1. The number of rotatable bonds is 5. The Balaban J connectivity index is 2.68. The molecular formula is C11H19N3. The van der Waals surface area contributed by atoms with Crippen LogP contribution >= 0.6 is 0 Å². The van der Waals surface area contributed by atoms with Gasteiger partial charge in [0.1, 0.15) is 11.6 Å². The molecular weight excluding hydrogens is 174 g/mol. The maximum Gasteiger partial charge on any atom is 0.133 e. The molecule has 0 aromatic carbocycles. The van der Waals surface area contributed by atoms with E-state index in [1.807, 2.05) is 12.3 Å². The standard InChI is InChI=1S/C11H19N3/c1-4-7-12-10-6-8-13-11(14-10)9(3)5-2/h6,8-9H,4-5,7H2,1-3H3,(H,12,13,14). The lowest BCUT2D eigenvalue weighted by Crippen LogP contribution is -2.06. The fraction of sp³-hybridized carbons (Fsp3) is 0.636. The van der Waals surface area contributed by atoms with Gasteiger partial charge in [-0.3, -0.25) is 0 Å². The van der Waals surface area contributed by atoms with Crippen LogP contribution in [0, 0.1) is 0 Å². The minimum absolute atomic E-state index is 0.443. The second kappa shape index (κ2) is 5.58. The van der Waals surface area contributed by atoms with Gasteiger partial charge in [-0.2, -0.15) is 0 Å². The summed E-state index contributed by atoms with van der Waals surface area (Å²) in [7, 11) is 0. The Hall–Kier alpha value is -1.12. The van der Waals surface area contributed by atoms with E-state index in [-0.39, 0.29) is 0 Å². The van der Waals surface area contributed by atoms with Gasteiger partial charge in [-0.25, -0.2) is 9.97 Å². The van der Waals surface area contributed by atoms with Gasteiger partial charge in [-0.15, -0.1) is 0 Å². The molecule has 0 radical (unpaired) electrons. The largest absolute Gasteiger partial charge is 0.370 e. The summed E-state index contributed by atoms with van der Waals surface area (Å²) >= 11 is 0. The molecule has 1 rings (SSSR count). The van der Waals surface area contributed by atoms with Gasteiger partial charge in [-0.1, -0.05) is 20.8 Å². The highest BCUT2D eigenvalue weighted by Crippen LogP contribution is 2.15. The Labute approximate surface area is 86.0 Å². The van der Waals surface area contributed by atoms with E-state index in [1.54, 1.807) is 0 Å². The van der Waals surface area contributed by atoms with Crippen LogP contribution in [0.3, 0.4) is 0 Å². The quantitative estimate of drug-likeness (QED) is 0.781. The van der Waals surface area contributed by atoms with E-state index in [0.29, 0.717) is 5.92 Å². The molecule has 3 nitrogen and oxygen atoms in total. The van der Waals surface area contributed by atoms with E-state index < -0.39 is 0 Å². The Morgan fingerprint density at radius 2 is 2.21 bits per heavy atom. The first-order valence-corrected chi connectivity index (χ1v) is 5.34. The summed E-state index contributed by atoms with van der Waals surface area (Å²) in [4.78, 5) is 8.73. The lowest BCUT2D eigenvalue weighted by Gasteiger charge is -2.09. The van der Waals surface area contributed by atoms with Crippen molar-refractivity contribution < 1.29 is 0 Å². The number of aromatic nitrogens is 2. The Kier molecular flexibility index (Phi) is 4.36. The first kappa shape index (κ1) is 11.0. The van der Waals surface area contributed by atoms with Crippen LogP contribution in [0.25, 0.3) is 0 Å². The van der Waals surface area contributed by atoms with Gasteiger partial charge < -0.3 is 5.32 Å². The third-order valence-electron chi connectivity index (χ3n) is 2.28. The summed E-state index contributed by atoms with van der Waals surface area (Å²) in [6, 6.07) is 1.92. The molecule has 0 amide bonds. The molecule has 0 saturated carbocycles. The van der Waals surface area contributed by atoms with Crippen molar-refractivity contribution in [1.82, 2.24) is 9.97 Å². The first-order chi connectivity index (χ1) is 6.77. The van der Waals surface area contributed by atoms with Gasteiger partial charge in [0.15, 0.2) is 0 Å². The van der Waals surface area contributed by atoms with Crippen molar-refractivity contribution in [2.24, 2.45) is 0 Å². The summed E-state index contributed by atoms with van der Waals surface area (Å²) in [5.41, 5.74) is 0. The maximum absolute atomic E-state index is 4.46. The zero-order valence-electron chi connectivity index (χ0n) is 9.25. The normalized spacial score (nSPS) is 12.5. The lowest BCUT2D eigenvalue weighted by molar-refractivity contribution is 0.678. The summed E-state index contributed by atoms with van der Waals surface area (Å²) in [6.45, 7) is 7.42. The summed E-state index contributed by atoms with van der Waals surface area (Å²) in [5, 5.41) is 3.26. The molecule has 1 atom stereocenters. The smallest absolute Gasteiger partial charge is 0.133 e. The molecule has 78 valence electrons. The first-order valence-electron chi connectivity index (χ1n) is 5.34. The molecule has 3 heteroatoms. The zero-order valence-corrected chi connectivity index (χ0v) is 9.25. The van der Waals surface area contributed by atoms with E-state index in [0.717, 1.165) is 31.0 Å². The van der Waals surface area contributed by atoms with Crippen LogP contribution in [-0.4, -0.2) is 16.5 Å². The van der Waals surface area contributed by atoms with E-state index in [4.69, 9.17) is 0 Å².